The van der Waals surface area contributed by atoms with Gasteiger partial charge in [-0.25, -0.2) is 4.57 Å². The zero-order valence-corrected chi connectivity index (χ0v) is 35.2. The Kier molecular flexibility index (Phi) is 16.7. The van der Waals surface area contributed by atoms with Gasteiger partial charge in [-0.3, -0.25) is 0 Å². The number of unbranched alkanes of at least 4 members (excludes halogenated alkanes) is 8. The monoisotopic (exact) mass is 767 g/mol. The van der Waals surface area contributed by atoms with Crippen LogP contribution in [0.15, 0.2) is 158 Å². The van der Waals surface area contributed by atoms with Crippen LogP contribution in [0.1, 0.15) is 105 Å². The Morgan fingerprint density at radius 2 is 0.931 bits per heavy atom. The van der Waals surface area contributed by atoms with E-state index in [1.165, 1.54) is 107 Å². The second kappa shape index (κ2) is 23.0. The van der Waals surface area contributed by atoms with E-state index in [1.807, 2.05) is 0 Å². The van der Waals surface area contributed by atoms with E-state index < -0.39 is 0 Å². The van der Waals surface area contributed by atoms with E-state index in [9.17, 15) is 0 Å². The smallest absolute Gasteiger partial charge is 0.169 e. The highest BCUT2D eigenvalue weighted by Gasteiger charge is 2.17. The van der Waals surface area contributed by atoms with Gasteiger partial charge in [0.25, 0.3) is 0 Å². The summed E-state index contributed by atoms with van der Waals surface area (Å²) in [5, 5.41) is 0. The fourth-order valence-corrected chi connectivity index (χ4v) is 7.55. The van der Waals surface area contributed by atoms with E-state index in [0.29, 0.717) is 0 Å². The standard InChI is InChI=1S/C55H63N2O/c1-4-5-6-7-8-9-10-11-18-44-58-53-36-34-52(35-37-53)55(50-22-16-13-17-23-50)54(49-20-14-12-15-21-49)51-32-30-48(31-33-51)47-28-26-45(27-29-47)24-25-46-38-42-57(43-39-46)41-19-40-56(2)3/h12-17,20-39,42-43H,4-11,18-19,40-41,44H2,1-3H3/q+1/b25-24+,55-54+. The van der Waals surface area contributed by atoms with Crippen LogP contribution in [0.4, 0.5) is 0 Å². The summed E-state index contributed by atoms with van der Waals surface area (Å²) in [6.45, 7) is 5.18. The van der Waals surface area contributed by atoms with E-state index in [0.717, 1.165) is 38.3 Å². The van der Waals surface area contributed by atoms with Crippen LogP contribution in [0.3, 0.4) is 0 Å². The highest BCUT2D eigenvalue weighted by Crippen LogP contribution is 2.38. The van der Waals surface area contributed by atoms with Crippen LogP contribution >= 0.6 is 0 Å². The topological polar surface area (TPSA) is 16.4 Å². The fraction of sp³-hybridized carbons (Fsp3) is 0.291. The van der Waals surface area contributed by atoms with E-state index >= 15 is 0 Å². The first-order valence-electron chi connectivity index (χ1n) is 21.7. The van der Waals surface area contributed by atoms with Crippen molar-refractivity contribution in [2.75, 3.05) is 27.2 Å². The molecule has 0 unspecified atom stereocenters. The third kappa shape index (κ3) is 13.0. The summed E-state index contributed by atoms with van der Waals surface area (Å²) in [4.78, 5) is 2.23. The quantitative estimate of drug-likeness (QED) is 0.0389. The van der Waals surface area contributed by atoms with Gasteiger partial charge in [-0.1, -0.05) is 192 Å². The normalized spacial score (nSPS) is 11.9. The average molecular weight is 768 g/mol. The molecule has 6 rings (SSSR count). The van der Waals surface area contributed by atoms with E-state index in [1.54, 1.807) is 0 Å². The van der Waals surface area contributed by atoms with Crippen LogP contribution in [0.5, 0.6) is 5.75 Å². The van der Waals surface area contributed by atoms with Crippen molar-refractivity contribution in [2.24, 2.45) is 0 Å². The molecule has 1 aromatic heterocycles. The summed E-state index contributed by atoms with van der Waals surface area (Å²) in [6.07, 6.45) is 21.7. The maximum Gasteiger partial charge on any atom is 0.169 e. The fourth-order valence-electron chi connectivity index (χ4n) is 7.55. The van der Waals surface area contributed by atoms with Gasteiger partial charge in [-0.05, 0) is 88.3 Å². The van der Waals surface area contributed by atoms with Crippen LogP contribution in [0.2, 0.25) is 0 Å². The molecule has 0 spiro atoms. The molecule has 6 aromatic rings. The van der Waals surface area contributed by atoms with Gasteiger partial charge >= 0.3 is 0 Å². The van der Waals surface area contributed by atoms with E-state index in [-0.39, 0.29) is 0 Å². The molecule has 0 saturated carbocycles. The summed E-state index contributed by atoms with van der Waals surface area (Å²) >= 11 is 0. The molecule has 1 heterocycles. The molecular formula is C55H63N2O+. The maximum atomic E-state index is 6.23. The van der Waals surface area contributed by atoms with Crippen LogP contribution in [0, 0.1) is 0 Å². The molecule has 3 heteroatoms. The molecule has 0 atom stereocenters. The number of ether oxygens (including phenoxy) is 1. The predicted octanol–water partition coefficient (Wildman–Crippen LogP) is 13.7. The lowest BCUT2D eigenvalue weighted by atomic mass is 9.85. The van der Waals surface area contributed by atoms with Crippen molar-refractivity contribution < 1.29 is 9.30 Å². The lowest BCUT2D eigenvalue weighted by molar-refractivity contribution is -0.697. The first-order valence-corrected chi connectivity index (χ1v) is 21.7. The summed E-state index contributed by atoms with van der Waals surface area (Å²) in [5.41, 5.74) is 11.9. The predicted molar refractivity (Wildman–Crippen MR) is 248 cm³/mol. The summed E-state index contributed by atoms with van der Waals surface area (Å²) in [5.74, 6) is 0.933. The van der Waals surface area contributed by atoms with Gasteiger partial charge < -0.3 is 9.64 Å². The number of pyridine rings is 1. The second-order valence-electron chi connectivity index (χ2n) is 15.7. The minimum Gasteiger partial charge on any atom is -0.494 e. The van der Waals surface area contributed by atoms with Gasteiger partial charge in [-0.2, -0.15) is 0 Å². The third-order valence-electron chi connectivity index (χ3n) is 10.9. The highest BCUT2D eigenvalue weighted by atomic mass is 16.5. The molecule has 298 valence electrons. The molecule has 0 radical (unpaired) electrons. The number of benzene rings is 5. The minimum absolute atomic E-state index is 0.767. The Morgan fingerprint density at radius 3 is 1.45 bits per heavy atom. The molecule has 0 aliphatic heterocycles. The lowest BCUT2D eigenvalue weighted by Crippen LogP contribution is -2.34. The maximum absolute atomic E-state index is 6.23. The van der Waals surface area contributed by atoms with Crippen LogP contribution in [0.25, 0.3) is 34.4 Å². The van der Waals surface area contributed by atoms with E-state index in [2.05, 4.69) is 201 Å². The SMILES string of the molecule is CCCCCCCCCCCOc1ccc(/C(=C(\c2ccccc2)c2ccc(-c3ccc(/C=C/c4cc[n+](CCCN(C)C)cc4)cc3)cc2)c2ccccc2)cc1. The van der Waals surface area contributed by atoms with Crippen molar-refractivity contribution in [3.63, 3.8) is 0 Å². The summed E-state index contributed by atoms with van der Waals surface area (Å²) in [6, 6.07) is 52.6. The van der Waals surface area contributed by atoms with Gasteiger partial charge in [0.15, 0.2) is 12.4 Å². The van der Waals surface area contributed by atoms with Crippen molar-refractivity contribution in [3.05, 3.63) is 191 Å². The first-order chi connectivity index (χ1) is 28.6. The molecule has 5 aromatic carbocycles. The third-order valence-corrected chi connectivity index (χ3v) is 10.9. The first kappa shape index (κ1) is 42.1. The van der Waals surface area contributed by atoms with Crippen molar-refractivity contribution >= 4 is 23.3 Å². The Morgan fingerprint density at radius 1 is 0.483 bits per heavy atom. The Balaban J connectivity index is 1.17. The van der Waals surface area contributed by atoms with Gasteiger partial charge in [0, 0.05) is 25.1 Å². The molecular weight excluding hydrogens is 705 g/mol. The summed E-state index contributed by atoms with van der Waals surface area (Å²) in [7, 11) is 4.25. The molecule has 0 fully saturated rings. The molecule has 58 heavy (non-hydrogen) atoms. The van der Waals surface area contributed by atoms with Crippen molar-refractivity contribution in [2.45, 2.75) is 77.7 Å². The molecule has 0 bridgehead atoms. The van der Waals surface area contributed by atoms with Crippen LogP contribution in [-0.2, 0) is 6.54 Å². The Hall–Kier alpha value is -5.51. The Bertz CT molecular complexity index is 2110. The van der Waals surface area contributed by atoms with E-state index in [4.69, 9.17) is 4.74 Å². The number of hydrogen-bond acceptors (Lipinski definition) is 2. The largest absolute Gasteiger partial charge is 0.494 e. The van der Waals surface area contributed by atoms with Crippen molar-refractivity contribution in [1.29, 1.82) is 0 Å². The Labute approximate surface area is 349 Å². The number of hydrogen-bond donors (Lipinski definition) is 0. The number of nitrogens with zero attached hydrogens (tertiary/aromatic N) is 2. The van der Waals surface area contributed by atoms with Crippen molar-refractivity contribution in [3.8, 4) is 16.9 Å². The van der Waals surface area contributed by atoms with Crippen LogP contribution < -0.4 is 9.30 Å². The number of rotatable bonds is 22. The molecule has 0 aliphatic rings. The van der Waals surface area contributed by atoms with Gasteiger partial charge in [-0.15, -0.1) is 0 Å². The van der Waals surface area contributed by atoms with Gasteiger partial charge in [0.2, 0.25) is 0 Å². The van der Waals surface area contributed by atoms with Gasteiger partial charge in [0.1, 0.15) is 12.3 Å². The zero-order valence-electron chi connectivity index (χ0n) is 35.2. The zero-order chi connectivity index (χ0) is 40.2. The molecule has 0 aliphatic carbocycles. The molecule has 3 nitrogen and oxygen atoms in total. The molecule has 0 saturated heterocycles. The minimum atomic E-state index is 0.767. The summed E-state index contributed by atoms with van der Waals surface area (Å²) < 4.78 is 8.49. The highest BCUT2D eigenvalue weighted by molar-refractivity contribution is 6.04. The molecule has 0 amide bonds. The number of aromatic nitrogens is 1. The average Bonchev–Trinajstić information content (AvgIpc) is 3.27. The lowest BCUT2D eigenvalue weighted by Gasteiger charge is -2.19. The molecule has 0 N–H and O–H groups in total. The number of aryl methyl sites for hydroxylation is 1. The van der Waals surface area contributed by atoms with Gasteiger partial charge in [0.05, 0.1) is 6.61 Å². The van der Waals surface area contributed by atoms with Crippen LogP contribution in [-0.4, -0.2) is 32.1 Å². The second-order valence-corrected chi connectivity index (χ2v) is 15.7. The van der Waals surface area contributed by atoms with Crippen molar-refractivity contribution in [1.82, 2.24) is 4.90 Å².